The van der Waals surface area contributed by atoms with Crippen LogP contribution in [0.25, 0.3) is 0 Å². The molecule has 0 saturated carbocycles. The molecule has 61 heavy (non-hydrogen) atoms. The highest BCUT2D eigenvalue weighted by atomic mass is 16.7. The molecule has 4 heterocycles. The lowest BCUT2D eigenvalue weighted by molar-refractivity contribution is -0.304. The number of nitrogens with one attached hydrogen (secondary N) is 1. The van der Waals surface area contributed by atoms with Crippen molar-refractivity contribution in [2.45, 2.75) is 160 Å². The standard InChI is InChI=1S/C43H73N5O13/c1-12-33-29(22-57-43-41(56-11)40(55-10)37(53)27(6)59-43)17-23(2)13-14-31(49)24(3)18-28(15-16-48-21-30(20-44-7)45-46-48)39(25(4)32(50)19-34(51)60-33)61-42-38(54)35(47(8)9)36(52)26(5)58-42/h13-14,17,21,24-29,32-33,35-44,50,52-54H,12,15-16,18-20,22H2,1-11H3/t24-,25+,26-,27?,28+,29-,32-,33-,35?,36-,37-,38?,39-,40+,41?,42+,43-/m1/s1. The number of ether oxygens (including phenoxy) is 7. The van der Waals surface area contributed by atoms with Crippen LogP contribution >= 0.6 is 0 Å². The fourth-order valence-corrected chi connectivity index (χ4v) is 8.70. The van der Waals surface area contributed by atoms with E-state index in [-0.39, 0.29) is 18.8 Å². The predicted molar refractivity (Wildman–Crippen MR) is 223 cm³/mol. The Morgan fingerprint density at radius 2 is 1.61 bits per heavy atom. The Bertz CT molecular complexity index is 1580. The van der Waals surface area contributed by atoms with Crippen LogP contribution in [0.3, 0.4) is 0 Å². The molecule has 3 aliphatic heterocycles. The maximum Gasteiger partial charge on any atom is 0.308 e. The molecular weight excluding hydrogens is 794 g/mol. The summed E-state index contributed by atoms with van der Waals surface area (Å²) >= 11 is 0. The van der Waals surface area contributed by atoms with Crippen molar-refractivity contribution < 1.29 is 63.2 Å². The van der Waals surface area contributed by atoms with E-state index >= 15 is 0 Å². The highest BCUT2D eigenvalue weighted by molar-refractivity contribution is 5.91. The lowest BCUT2D eigenvalue weighted by atomic mass is 9.79. The van der Waals surface area contributed by atoms with E-state index in [0.29, 0.717) is 32.4 Å². The van der Waals surface area contributed by atoms with Crippen molar-refractivity contribution in [2.24, 2.45) is 23.7 Å². The number of likely N-dealkylation sites (N-methyl/N-ethyl adjacent to an activating group) is 1. The zero-order valence-electron chi connectivity index (χ0n) is 37.8. The lowest BCUT2D eigenvalue weighted by Crippen LogP contribution is -2.63. The molecule has 0 radical (unpaired) electrons. The van der Waals surface area contributed by atoms with Crippen molar-refractivity contribution in [1.29, 1.82) is 0 Å². The van der Waals surface area contributed by atoms with Crippen molar-refractivity contribution in [3.05, 3.63) is 35.7 Å². The van der Waals surface area contributed by atoms with Gasteiger partial charge in [-0.25, -0.2) is 0 Å². The molecule has 0 aromatic carbocycles. The minimum Gasteiger partial charge on any atom is -0.462 e. The number of carbonyl (C=O) groups is 2. The highest BCUT2D eigenvalue weighted by Crippen LogP contribution is 2.35. The van der Waals surface area contributed by atoms with Crippen LogP contribution in [-0.4, -0.2) is 174 Å². The predicted octanol–water partition coefficient (Wildman–Crippen LogP) is 1.37. The zero-order chi connectivity index (χ0) is 45.1. The third-order valence-corrected chi connectivity index (χ3v) is 12.4. The molecule has 0 aliphatic carbocycles. The van der Waals surface area contributed by atoms with E-state index in [4.69, 9.17) is 33.2 Å². The number of aromatic nitrogens is 3. The minimum absolute atomic E-state index is 0.0225. The van der Waals surface area contributed by atoms with E-state index in [0.717, 1.165) is 11.3 Å². The number of carbonyl (C=O) groups excluding carboxylic acids is 2. The molecule has 4 rings (SSSR count). The van der Waals surface area contributed by atoms with Crippen LogP contribution in [0.1, 0.15) is 72.9 Å². The minimum atomic E-state index is -1.28. The molecule has 0 bridgehead atoms. The number of aryl methyl sites for hydroxylation is 1. The first-order valence-corrected chi connectivity index (χ1v) is 21.6. The number of aliphatic hydroxyl groups is 4. The van der Waals surface area contributed by atoms with Gasteiger partial charge in [-0.05, 0) is 73.2 Å². The summed E-state index contributed by atoms with van der Waals surface area (Å²) in [6, 6.07) is -0.722. The maximum absolute atomic E-state index is 13.9. The topological polar surface area (TPSA) is 226 Å². The van der Waals surface area contributed by atoms with Gasteiger partial charge in [-0.3, -0.25) is 14.3 Å². The summed E-state index contributed by atoms with van der Waals surface area (Å²) in [5.74, 6) is -2.95. The van der Waals surface area contributed by atoms with Gasteiger partial charge in [0.25, 0.3) is 0 Å². The molecule has 348 valence electrons. The summed E-state index contributed by atoms with van der Waals surface area (Å²) in [5, 5.41) is 56.7. The molecule has 5 N–H and O–H groups in total. The molecule has 18 nitrogen and oxygen atoms in total. The van der Waals surface area contributed by atoms with Crippen molar-refractivity contribution in [3.8, 4) is 0 Å². The number of methoxy groups -OCH3 is 2. The Morgan fingerprint density at radius 3 is 2.25 bits per heavy atom. The van der Waals surface area contributed by atoms with Crippen LogP contribution in [0.15, 0.2) is 30.0 Å². The van der Waals surface area contributed by atoms with Gasteiger partial charge in [0.15, 0.2) is 18.4 Å². The number of nitrogens with zero attached hydrogens (tertiary/aromatic N) is 4. The molecule has 17 atom stereocenters. The van der Waals surface area contributed by atoms with E-state index in [1.54, 1.807) is 50.5 Å². The van der Waals surface area contributed by atoms with Crippen molar-refractivity contribution >= 4 is 11.8 Å². The summed E-state index contributed by atoms with van der Waals surface area (Å²) in [5.41, 5.74) is 1.48. The molecule has 1 aromatic rings. The Balaban J connectivity index is 1.69. The maximum atomic E-state index is 13.9. The summed E-state index contributed by atoms with van der Waals surface area (Å²) in [6.45, 7) is 11.7. The fraction of sp³-hybridized carbons (Fsp3) is 0.814. The quantitative estimate of drug-likeness (QED) is 0.167. The third-order valence-electron chi connectivity index (χ3n) is 12.4. The van der Waals surface area contributed by atoms with Crippen molar-refractivity contribution in [1.82, 2.24) is 25.2 Å². The Labute approximate surface area is 360 Å². The van der Waals surface area contributed by atoms with E-state index in [1.807, 2.05) is 40.1 Å². The summed E-state index contributed by atoms with van der Waals surface area (Å²) in [7, 11) is 8.28. The van der Waals surface area contributed by atoms with E-state index in [2.05, 4.69) is 15.6 Å². The van der Waals surface area contributed by atoms with Gasteiger partial charge in [-0.15, -0.1) is 5.10 Å². The van der Waals surface area contributed by atoms with Gasteiger partial charge in [-0.1, -0.05) is 43.7 Å². The van der Waals surface area contributed by atoms with Crippen LogP contribution in [0.5, 0.6) is 0 Å². The van der Waals surface area contributed by atoms with Gasteiger partial charge in [0, 0.05) is 51.3 Å². The Hall–Kier alpha value is -2.72. The van der Waals surface area contributed by atoms with Crippen LogP contribution in [0, 0.1) is 23.7 Å². The monoisotopic (exact) mass is 868 g/mol. The number of esters is 1. The van der Waals surface area contributed by atoms with Crippen molar-refractivity contribution in [3.63, 3.8) is 0 Å². The van der Waals surface area contributed by atoms with Crippen LogP contribution in [0.4, 0.5) is 0 Å². The number of aliphatic hydroxyl groups excluding tert-OH is 4. The number of hydrogen-bond donors (Lipinski definition) is 5. The fourth-order valence-electron chi connectivity index (χ4n) is 8.70. The van der Waals surface area contributed by atoms with E-state index < -0.39 is 109 Å². The van der Waals surface area contributed by atoms with Gasteiger partial charge in [0.1, 0.15) is 30.5 Å². The number of allylic oxidation sites excluding steroid dienone is 3. The summed E-state index contributed by atoms with van der Waals surface area (Å²) in [4.78, 5) is 29.5. The van der Waals surface area contributed by atoms with E-state index in [1.165, 1.54) is 20.3 Å². The second kappa shape index (κ2) is 23.8. The Morgan fingerprint density at radius 1 is 0.934 bits per heavy atom. The lowest BCUT2D eigenvalue weighted by Gasteiger charge is -2.46. The first-order chi connectivity index (χ1) is 28.9. The average molecular weight is 868 g/mol. The van der Waals surface area contributed by atoms with Gasteiger partial charge in [0.05, 0.1) is 55.3 Å². The molecule has 3 aliphatic rings. The summed E-state index contributed by atoms with van der Waals surface area (Å²) in [6.07, 6.45) is -3.20. The average Bonchev–Trinajstić information content (AvgIpc) is 3.67. The summed E-state index contributed by atoms with van der Waals surface area (Å²) < 4.78 is 44.1. The smallest absolute Gasteiger partial charge is 0.308 e. The van der Waals surface area contributed by atoms with Gasteiger partial charge in [-0.2, -0.15) is 0 Å². The number of hydrogen-bond acceptors (Lipinski definition) is 17. The first-order valence-electron chi connectivity index (χ1n) is 21.6. The molecule has 2 fully saturated rings. The number of cyclic esters (lactones) is 1. The van der Waals surface area contributed by atoms with Gasteiger partial charge >= 0.3 is 5.97 Å². The number of rotatable bonds is 14. The molecule has 2 saturated heterocycles. The molecular formula is C43H73N5O13. The van der Waals surface area contributed by atoms with E-state index in [9.17, 15) is 30.0 Å². The second-order valence-electron chi connectivity index (χ2n) is 17.2. The first kappa shape index (κ1) is 50.9. The Kier molecular flexibility index (Phi) is 19.9. The zero-order valence-corrected chi connectivity index (χ0v) is 37.8. The van der Waals surface area contributed by atoms with Crippen LogP contribution in [-0.2, 0) is 55.8 Å². The molecule has 18 heteroatoms. The second-order valence-corrected chi connectivity index (χ2v) is 17.2. The molecule has 0 spiro atoms. The SMILES string of the molecule is CC[C@H]1OC(=O)C[C@@H](O)[C@H](C)[C@@H](O[C@@H]2O[C@H](C)[C@@H](O)C(N(C)C)C2O)[C@@H](CCn2cc(CNC)nn2)C[C@@H](C)C(=O)C=CC(C)=C[C@@H]1CO[C@@H]1OC(C)[C@@H](O)[C@H](OC)C1OC. The van der Waals surface area contributed by atoms with Crippen LogP contribution in [0.2, 0.25) is 0 Å². The number of ketones is 1. The highest BCUT2D eigenvalue weighted by Gasteiger charge is 2.48. The van der Waals surface area contributed by atoms with Gasteiger partial charge in [0.2, 0.25) is 0 Å². The molecule has 1 aromatic heterocycles. The van der Waals surface area contributed by atoms with Gasteiger partial charge < -0.3 is 63.8 Å². The molecule has 4 unspecified atom stereocenters. The molecule has 0 amide bonds. The third kappa shape index (κ3) is 13.4. The van der Waals surface area contributed by atoms with Crippen LogP contribution < -0.4 is 5.32 Å². The largest absolute Gasteiger partial charge is 0.462 e. The normalized spacial score (nSPS) is 38.7. The van der Waals surface area contributed by atoms with Crippen molar-refractivity contribution in [2.75, 3.05) is 42.0 Å².